The number of nitrogens with one attached hydrogen (secondary N) is 1. The van der Waals surface area contributed by atoms with Crippen LogP contribution >= 0.6 is 0 Å². The van der Waals surface area contributed by atoms with Gasteiger partial charge in [-0.05, 0) is 22.9 Å². The third-order valence-corrected chi connectivity index (χ3v) is 4.42. The monoisotopic (exact) mass is 295 g/mol. The van der Waals surface area contributed by atoms with Gasteiger partial charge in [0, 0.05) is 14.2 Å². The molecule has 0 aliphatic carbocycles. The molecule has 108 valence electrons. The smallest absolute Gasteiger partial charge is 0.240 e. The zero-order chi connectivity index (χ0) is 14.6. The Kier molecular flexibility index (Phi) is 4.72. The SMILES string of the molecule is COC(CNS(=O)(=O)c1ccc2ccccc2c1)OC. The number of ether oxygens (including phenoxy) is 2. The first-order valence-electron chi connectivity index (χ1n) is 6.11. The lowest BCUT2D eigenvalue weighted by Crippen LogP contribution is -2.34. The van der Waals surface area contributed by atoms with Crippen LogP contribution in [0.5, 0.6) is 0 Å². The van der Waals surface area contributed by atoms with E-state index >= 15 is 0 Å². The van der Waals surface area contributed by atoms with Gasteiger partial charge in [-0.15, -0.1) is 0 Å². The molecular formula is C14H17NO4S. The number of rotatable bonds is 6. The third-order valence-electron chi connectivity index (χ3n) is 3.00. The summed E-state index contributed by atoms with van der Waals surface area (Å²) in [4.78, 5) is 0.224. The molecule has 0 aliphatic rings. The normalized spacial score (nSPS) is 12.2. The van der Waals surface area contributed by atoms with Gasteiger partial charge in [-0.2, -0.15) is 0 Å². The molecule has 0 saturated heterocycles. The van der Waals surface area contributed by atoms with E-state index < -0.39 is 16.3 Å². The Bertz CT molecular complexity index is 680. The summed E-state index contributed by atoms with van der Waals surface area (Å²) >= 11 is 0. The van der Waals surface area contributed by atoms with Crippen molar-refractivity contribution in [1.29, 1.82) is 0 Å². The fourth-order valence-electron chi connectivity index (χ4n) is 1.86. The van der Waals surface area contributed by atoms with Crippen molar-refractivity contribution in [2.45, 2.75) is 11.2 Å². The predicted molar refractivity (Wildman–Crippen MR) is 76.9 cm³/mol. The number of hydrogen-bond donors (Lipinski definition) is 1. The molecular weight excluding hydrogens is 278 g/mol. The molecule has 0 amide bonds. The molecule has 0 spiro atoms. The molecule has 2 aromatic carbocycles. The molecule has 0 atom stereocenters. The molecule has 20 heavy (non-hydrogen) atoms. The van der Waals surface area contributed by atoms with E-state index in [0.717, 1.165) is 10.8 Å². The van der Waals surface area contributed by atoms with Crippen LogP contribution in [0.15, 0.2) is 47.4 Å². The first-order chi connectivity index (χ1) is 9.56. The molecule has 0 radical (unpaired) electrons. The van der Waals surface area contributed by atoms with Crippen LogP contribution in [0, 0.1) is 0 Å². The quantitative estimate of drug-likeness (QED) is 0.824. The van der Waals surface area contributed by atoms with Crippen molar-refractivity contribution in [3.05, 3.63) is 42.5 Å². The second-order valence-electron chi connectivity index (χ2n) is 4.26. The zero-order valence-corrected chi connectivity index (χ0v) is 12.2. The van der Waals surface area contributed by atoms with Crippen molar-refractivity contribution in [2.24, 2.45) is 0 Å². The van der Waals surface area contributed by atoms with Gasteiger partial charge < -0.3 is 9.47 Å². The molecule has 0 heterocycles. The maximum absolute atomic E-state index is 12.2. The molecule has 2 rings (SSSR count). The Hall–Kier alpha value is -1.47. The van der Waals surface area contributed by atoms with Crippen LogP contribution in [0.4, 0.5) is 0 Å². The van der Waals surface area contributed by atoms with Gasteiger partial charge in [-0.1, -0.05) is 30.3 Å². The number of sulfonamides is 1. The van der Waals surface area contributed by atoms with Gasteiger partial charge in [0.25, 0.3) is 0 Å². The maximum atomic E-state index is 12.2. The standard InChI is InChI=1S/C14H17NO4S/c1-18-14(19-2)10-15-20(16,17)13-8-7-11-5-3-4-6-12(11)9-13/h3-9,14-15H,10H2,1-2H3. The van der Waals surface area contributed by atoms with Gasteiger partial charge in [0.15, 0.2) is 6.29 Å². The van der Waals surface area contributed by atoms with Gasteiger partial charge in [0.05, 0.1) is 11.4 Å². The summed E-state index contributed by atoms with van der Waals surface area (Å²) in [5, 5.41) is 1.88. The van der Waals surface area contributed by atoms with E-state index in [0.29, 0.717) is 0 Å². The van der Waals surface area contributed by atoms with Crippen LogP contribution in [-0.2, 0) is 19.5 Å². The highest BCUT2D eigenvalue weighted by molar-refractivity contribution is 7.89. The van der Waals surface area contributed by atoms with E-state index in [1.165, 1.54) is 14.2 Å². The first-order valence-corrected chi connectivity index (χ1v) is 7.59. The molecule has 6 heteroatoms. The average molecular weight is 295 g/mol. The van der Waals surface area contributed by atoms with Crippen LogP contribution in [0.3, 0.4) is 0 Å². The lowest BCUT2D eigenvalue weighted by molar-refractivity contribution is -0.0960. The van der Waals surface area contributed by atoms with Crippen molar-refractivity contribution in [3.8, 4) is 0 Å². The number of hydrogen-bond acceptors (Lipinski definition) is 4. The molecule has 0 aliphatic heterocycles. The number of fused-ring (bicyclic) bond motifs is 1. The number of benzene rings is 2. The Balaban J connectivity index is 2.23. The van der Waals surface area contributed by atoms with Crippen molar-refractivity contribution in [2.75, 3.05) is 20.8 Å². The van der Waals surface area contributed by atoms with E-state index in [4.69, 9.17) is 9.47 Å². The van der Waals surface area contributed by atoms with E-state index in [9.17, 15) is 8.42 Å². The Morgan fingerprint density at radius 1 is 1.05 bits per heavy atom. The molecule has 0 fully saturated rings. The number of methoxy groups -OCH3 is 2. The Labute approximate surface area is 118 Å². The van der Waals surface area contributed by atoms with E-state index in [1.54, 1.807) is 18.2 Å². The minimum absolute atomic E-state index is 0.0577. The summed E-state index contributed by atoms with van der Waals surface area (Å²) in [6.45, 7) is 0.0577. The largest absolute Gasteiger partial charge is 0.355 e. The first kappa shape index (κ1) is 14.9. The highest BCUT2D eigenvalue weighted by atomic mass is 32.2. The average Bonchev–Trinajstić information content (AvgIpc) is 2.47. The van der Waals surface area contributed by atoms with Gasteiger partial charge in [0.2, 0.25) is 10.0 Å². The summed E-state index contributed by atoms with van der Waals surface area (Å²) in [6.07, 6.45) is -0.606. The predicted octanol–water partition coefficient (Wildman–Crippen LogP) is 1.74. The molecule has 5 nitrogen and oxygen atoms in total. The Morgan fingerprint density at radius 3 is 2.35 bits per heavy atom. The minimum Gasteiger partial charge on any atom is -0.355 e. The molecule has 0 aromatic heterocycles. The molecule has 0 bridgehead atoms. The van der Waals surface area contributed by atoms with Gasteiger partial charge in [0.1, 0.15) is 0 Å². The van der Waals surface area contributed by atoms with Crippen LogP contribution in [-0.4, -0.2) is 35.5 Å². The lowest BCUT2D eigenvalue weighted by Gasteiger charge is -2.14. The molecule has 1 N–H and O–H groups in total. The molecule has 0 saturated carbocycles. The van der Waals surface area contributed by atoms with Crippen molar-refractivity contribution in [3.63, 3.8) is 0 Å². The van der Waals surface area contributed by atoms with Gasteiger partial charge in [-0.3, -0.25) is 0 Å². The lowest BCUT2D eigenvalue weighted by atomic mass is 10.1. The third kappa shape index (κ3) is 3.34. The summed E-state index contributed by atoms with van der Waals surface area (Å²) in [6, 6.07) is 12.6. The topological polar surface area (TPSA) is 64.6 Å². The maximum Gasteiger partial charge on any atom is 0.240 e. The highest BCUT2D eigenvalue weighted by Gasteiger charge is 2.16. The molecule has 0 unspecified atom stereocenters. The van der Waals surface area contributed by atoms with Crippen LogP contribution in [0.25, 0.3) is 10.8 Å². The summed E-state index contributed by atoms with van der Waals surface area (Å²) in [7, 11) is -0.663. The van der Waals surface area contributed by atoms with Gasteiger partial charge >= 0.3 is 0 Å². The van der Waals surface area contributed by atoms with E-state index in [1.807, 2.05) is 24.3 Å². The summed E-state index contributed by atoms with van der Waals surface area (Å²) < 4.78 is 36.7. The second-order valence-corrected chi connectivity index (χ2v) is 6.03. The minimum atomic E-state index is -3.58. The van der Waals surface area contributed by atoms with E-state index in [-0.39, 0.29) is 11.4 Å². The highest BCUT2D eigenvalue weighted by Crippen LogP contribution is 2.18. The van der Waals surface area contributed by atoms with Crippen LogP contribution in [0.2, 0.25) is 0 Å². The van der Waals surface area contributed by atoms with Gasteiger partial charge in [-0.25, -0.2) is 13.1 Å². The van der Waals surface area contributed by atoms with Crippen molar-refractivity contribution in [1.82, 2.24) is 4.72 Å². The molecule has 2 aromatic rings. The zero-order valence-electron chi connectivity index (χ0n) is 11.4. The summed E-state index contributed by atoms with van der Waals surface area (Å²) in [5.41, 5.74) is 0. The fourth-order valence-corrected chi connectivity index (χ4v) is 2.91. The Morgan fingerprint density at radius 2 is 1.70 bits per heavy atom. The van der Waals surface area contributed by atoms with E-state index in [2.05, 4.69) is 4.72 Å². The second kappa shape index (κ2) is 6.32. The summed E-state index contributed by atoms with van der Waals surface area (Å²) in [5.74, 6) is 0. The van der Waals surface area contributed by atoms with Crippen LogP contribution in [0.1, 0.15) is 0 Å². The fraction of sp³-hybridized carbons (Fsp3) is 0.286. The van der Waals surface area contributed by atoms with Crippen molar-refractivity contribution >= 4 is 20.8 Å². The van der Waals surface area contributed by atoms with Crippen LogP contribution < -0.4 is 4.72 Å². The van der Waals surface area contributed by atoms with Crippen molar-refractivity contribution < 1.29 is 17.9 Å².